The van der Waals surface area contributed by atoms with Crippen LogP contribution < -0.4 is 15.0 Å². The predicted molar refractivity (Wildman–Crippen MR) is 171 cm³/mol. The number of phenolic OH excluding ortho intramolecular Hbond substituents is 1. The molecule has 1 aromatic heterocycles. The molecule has 2 aliphatic carbocycles. The fourth-order valence-corrected chi connectivity index (χ4v) is 8.48. The largest absolute Gasteiger partial charge is 0.508 e. The number of alkyl halides is 2. The third-order valence-corrected chi connectivity index (χ3v) is 11.6. The quantitative estimate of drug-likeness (QED) is 0.211. The molecule has 4 aromatic rings. The van der Waals surface area contributed by atoms with Crippen molar-refractivity contribution in [3.63, 3.8) is 0 Å². The van der Waals surface area contributed by atoms with Gasteiger partial charge in [-0.25, -0.2) is 22.0 Å². The topological polar surface area (TPSA) is 73.8 Å². The molecular weight excluding hydrogens is 629 g/mol. The van der Waals surface area contributed by atoms with Gasteiger partial charge in [-0.15, -0.1) is 0 Å². The Balaban J connectivity index is 1.06. The van der Waals surface area contributed by atoms with E-state index in [2.05, 4.69) is 20.1 Å². The fourth-order valence-electron chi connectivity index (χ4n) is 8.48. The summed E-state index contributed by atoms with van der Waals surface area (Å²) in [6.07, 6.45) is 4.95. The monoisotopic (exact) mass is 665 g/mol. The van der Waals surface area contributed by atoms with Crippen molar-refractivity contribution < 1.29 is 31.8 Å². The molecule has 0 amide bonds. The molecule has 2 saturated carbocycles. The summed E-state index contributed by atoms with van der Waals surface area (Å²) in [5, 5.41) is 14.6. The van der Waals surface area contributed by atoms with Crippen molar-refractivity contribution >= 4 is 27.5 Å². The van der Waals surface area contributed by atoms with Gasteiger partial charge in [0.1, 0.15) is 17.1 Å². The molecule has 2 bridgehead atoms. The molecule has 2 atom stereocenters. The van der Waals surface area contributed by atoms with Crippen molar-refractivity contribution in [2.75, 3.05) is 44.2 Å². The molecule has 0 radical (unpaired) electrons. The highest BCUT2D eigenvalue weighted by Crippen LogP contribution is 2.66. The Labute approximate surface area is 274 Å². The molecule has 5 aliphatic rings. The van der Waals surface area contributed by atoms with Crippen LogP contribution in [0.3, 0.4) is 0 Å². The van der Waals surface area contributed by atoms with Crippen molar-refractivity contribution in [2.45, 2.75) is 63.0 Å². The Bertz CT molecular complexity index is 1950. The predicted octanol–water partition coefficient (Wildman–Crippen LogP) is 6.79. The van der Waals surface area contributed by atoms with Gasteiger partial charge in [-0.3, -0.25) is 0 Å². The molecule has 4 heterocycles. The van der Waals surface area contributed by atoms with E-state index in [4.69, 9.17) is 9.72 Å². The van der Waals surface area contributed by atoms with Gasteiger partial charge in [0.2, 0.25) is 0 Å². The van der Waals surface area contributed by atoms with Crippen LogP contribution >= 0.6 is 0 Å². The first-order valence-corrected chi connectivity index (χ1v) is 16.9. The minimum atomic E-state index is -2.53. The standard InChI is InChI=1S/C36H36F5N5O2/c37-27-6-1-20-13-23(47)14-26(28(20)30(27)39)24-4-5-25-31(29(24)38)43-33(44-32(25)46-15-21-2-3-22(16-46)42-21)48-19-34(7-8-34)18-45-11-9-35(10-12-45)17-36(35,40)41/h1,4-6,13-14,21-22,42,47H,2-3,7-12,15-19H2. The molecule has 3 aromatic carbocycles. The fraction of sp³-hybridized carbons (Fsp3) is 0.500. The summed E-state index contributed by atoms with van der Waals surface area (Å²) in [5.74, 6) is -5.15. The zero-order valence-corrected chi connectivity index (χ0v) is 26.3. The second kappa shape index (κ2) is 10.6. The third kappa shape index (κ3) is 4.97. The maximum atomic E-state index is 16.7. The van der Waals surface area contributed by atoms with Crippen LogP contribution in [-0.4, -0.2) is 77.3 Å². The minimum absolute atomic E-state index is 0.00403. The maximum Gasteiger partial charge on any atom is 0.319 e. The van der Waals surface area contributed by atoms with Crippen LogP contribution in [0.25, 0.3) is 32.8 Å². The molecule has 48 heavy (non-hydrogen) atoms. The van der Waals surface area contributed by atoms with Gasteiger partial charge in [-0.05, 0) is 86.8 Å². The van der Waals surface area contributed by atoms with Crippen LogP contribution in [0, 0.1) is 28.3 Å². The summed E-state index contributed by atoms with van der Waals surface area (Å²) >= 11 is 0. The first-order chi connectivity index (χ1) is 23.0. The Morgan fingerprint density at radius 2 is 1.62 bits per heavy atom. The number of piperazine rings is 1. The average molecular weight is 666 g/mol. The van der Waals surface area contributed by atoms with Gasteiger partial charge in [0.25, 0.3) is 5.92 Å². The summed E-state index contributed by atoms with van der Waals surface area (Å²) < 4.78 is 80.4. The number of hydrogen-bond donors (Lipinski definition) is 2. The van der Waals surface area contributed by atoms with E-state index in [0.717, 1.165) is 38.3 Å². The van der Waals surface area contributed by atoms with Gasteiger partial charge >= 0.3 is 6.01 Å². The number of likely N-dealkylation sites (tertiary alicyclic amines) is 1. The molecule has 5 fully saturated rings. The molecule has 12 heteroatoms. The van der Waals surface area contributed by atoms with E-state index in [1.165, 1.54) is 24.3 Å². The molecule has 9 rings (SSSR count). The van der Waals surface area contributed by atoms with Crippen molar-refractivity contribution in [1.82, 2.24) is 20.2 Å². The second-order valence-corrected chi connectivity index (χ2v) is 14.9. The number of phenols is 1. The van der Waals surface area contributed by atoms with Crippen LogP contribution in [0.5, 0.6) is 11.8 Å². The number of nitrogens with zero attached hydrogens (tertiary/aromatic N) is 4. The Hall–Kier alpha value is -3.77. The highest BCUT2D eigenvalue weighted by molar-refractivity contribution is 6.01. The number of rotatable bonds is 7. The number of piperidine rings is 1. The summed E-state index contributed by atoms with van der Waals surface area (Å²) in [6.45, 7) is 3.70. The van der Waals surface area contributed by atoms with Crippen LogP contribution in [0.4, 0.5) is 27.8 Å². The molecule has 1 spiro atoms. The normalized spacial score (nSPS) is 25.2. The number of halogens is 5. The molecule has 3 saturated heterocycles. The number of aromatic hydroxyl groups is 1. The van der Waals surface area contributed by atoms with Crippen molar-refractivity contribution in [3.05, 3.63) is 53.8 Å². The lowest BCUT2D eigenvalue weighted by atomic mass is 9.92. The van der Waals surface area contributed by atoms with Gasteiger partial charge in [0, 0.05) is 65.3 Å². The molecular formula is C36H36F5N5O2. The number of ether oxygens (including phenoxy) is 1. The van der Waals surface area contributed by atoms with Crippen LogP contribution in [0.15, 0.2) is 36.4 Å². The summed E-state index contributed by atoms with van der Waals surface area (Å²) in [5.41, 5.74) is -0.988. The Morgan fingerprint density at radius 1 is 0.896 bits per heavy atom. The lowest BCUT2D eigenvalue weighted by Gasteiger charge is -2.35. The van der Waals surface area contributed by atoms with E-state index in [9.17, 15) is 18.3 Å². The number of hydrogen-bond acceptors (Lipinski definition) is 7. The van der Waals surface area contributed by atoms with Crippen molar-refractivity contribution in [3.8, 4) is 22.9 Å². The minimum Gasteiger partial charge on any atom is -0.508 e. The number of nitrogens with one attached hydrogen (secondary N) is 1. The first kappa shape index (κ1) is 30.3. The van der Waals surface area contributed by atoms with E-state index in [0.29, 0.717) is 56.8 Å². The maximum absolute atomic E-state index is 16.7. The van der Waals surface area contributed by atoms with Crippen LogP contribution in [0.1, 0.15) is 44.9 Å². The average Bonchev–Trinajstić information content (AvgIpc) is 3.91. The van der Waals surface area contributed by atoms with Gasteiger partial charge in [0.05, 0.1) is 6.61 Å². The van der Waals surface area contributed by atoms with E-state index >= 15 is 8.78 Å². The van der Waals surface area contributed by atoms with Crippen molar-refractivity contribution in [2.24, 2.45) is 10.8 Å². The SMILES string of the molecule is Oc1cc(-c2ccc3c(N4CC5CCC(C4)N5)nc(OCC4(CN5CCC6(CC5)CC6(F)F)CC4)nc3c2F)c2c(F)c(F)ccc2c1. The molecule has 7 nitrogen and oxygen atoms in total. The Kier molecular flexibility index (Phi) is 6.70. The molecule has 2 N–H and O–H groups in total. The van der Waals surface area contributed by atoms with E-state index < -0.39 is 28.8 Å². The number of anilines is 1. The van der Waals surface area contributed by atoms with Gasteiger partial charge in [0.15, 0.2) is 17.5 Å². The van der Waals surface area contributed by atoms with Gasteiger partial charge in [-0.2, -0.15) is 9.97 Å². The molecule has 252 valence electrons. The van der Waals surface area contributed by atoms with E-state index in [1.807, 2.05) is 0 Å². The number of aromatic nitrogens is 2. The van der Waals surface area contributed by atoms with Crippen LogP contribution in [0.2, 0.25) is 0 Å². The highest BCUT2D eigenvalue weighted by atomic mass is 19.3. The Morgan fingerprint density at radius 3 is 2.31 bits per heavy atom. The summed E-state index contributed by atoms with van der Waals surface area (Å²) in [6, 6.07) is 8.64. The van der Waals surface area contributed by atoms with Crippen molar-refractivity contribution in [1.29, 1.82) is 0 Å². The third-order valence-electron chi connectivity index (χ3n) is 11.6. The zero-order valence-electron chi connectivity index (χ0n) is 26.3. The lowest BCUT2D eigenvalue weighted by Crippen LogP contribution is -2.51. The lowest BCUT2D eigenvalue weighted by molar-refractivity contribution is 0.0252. The van der Waals surface area contributed by atoms with Crippen LogP contribution in [-0.2, 0) is 0 Å². The van der Waals surface area contributed by atoms with E-state index in [1.54, 1.807) is 6.07 Å². The number of fused-ring (bicyclic) bond motifs is 4. The van der Waals surface area contributed by atoms with E-state index in [-0.39, 0.29) is 63.1 Å². The number of benzene rings is 3. The van der Waals surface area contributed by atoms with Gasteiger partial charge < -0.3 is 25.0 Å². The van der Waals surface area contributed by atoms with Gasteiger partial charge in [-0.1, -0.05) is 12.1 Å². The summed E-state index contributed by atoms with van der Waals surface area (Å²) in [7, 11) is 0. The smallest absolute Gasteiger partial charge is 0.319 e. The summed E-state index contributed by atoms with van der Waals surface area (Å²) in [4.78, 5) is 13.8. The highest BCUT2D eigenvalue weighted by Gasteiger charge is 2.70. The molecule has 3 aliphatic heterocycles. The molecule has 2 unspecified atom stereocenters. The second-order valence-electron chi connectivity index (χ2n) is 14.9. The first-order valence-electron chi connectivity index (χ1n) is 16.9. The zero-order chi connectivity index (χ0) is 33.0.